The summed E-state index contributed by atoms with van der Waals surface area (Å²) in [6.45, 7) is 0.363. The molecule has 1 aliphatic heterocycles. The first-order valence-electron chi connectivity index (χ1n) is 8.57. The maximum absolute atomic E-state index is 13.4. The van der Waals surface area contributed by atoms with Gasteiger partial charge in [0.05, 0.1) is 19.3 Å². The van der Waals surface area contributed by atoms with Gasteiger partial charge < -0.3 is 14.7 Å². The summed E-state index contributed by atoms with van der Waals surface area (Å²) in [5.74, 6) is 0.404. The van der Waals surface area contributed by atoms with Gasteiger partial charge in [0.25, 0.3) is 5.91 Å². The lowest BCUT2D eigenvalue weighted by molar-refractivity contribution is -0.132. The second-order valence-corrected chi connectivity index (χ2v) is 7.30. The molecule has 27 heavy (non-hydrogen) atoms. The number of halogens is 1. The predicted molar refractivity (Wildman–Crippen MR) is 108 cm³/mol. The first-order valence-corrected chi connectivity index (χ1v) is 9.37. The molecule has 1 heterocycles. The number of carbonyl (C=O) groups is 1. The van der Waals surface area contributed by atoms with E-state index < -0.39 is 5.60 Å². The van der Waals surface area contributed by atoms with Crippen molar-refractivity contribution in [2.45, 2.75) is 12.1 Å². The van der Waals surface area contributed by atoms with Crippen molar-refractivity contribution in [2.24, 2.45) is 0 Å². The van der Waals surface area contributed by atoms with E-state index in [9.17, 15) is 9.90 Å². The largest absolute Gasteiger partial charge is 0.497 e. The van der Waals surface area contributed by atoms with E-state index in [1.165, 1.54) is 0 Å². The zero-order chi connectivity index (χ0) is 19.0. The highest BCUT2D eigenvalue weighted by atomic mass is 79.9. The van der Waals surface area contributed by atoms with E-state index in [4.69, 9.17) is 4.74 Å². The Hall–Kier alpha value is -2.63. The number of hydrogen-bond donors (Lipinski definition) is 1. The van der Waals surface area contributed by atoms with Crippen LogP contribution in [0.4, 0.5) is 5.69 Å². The lowest BCUT2D eigenvalue weighted by Gasteiger charge is -2.24. The molecule has 0 bridgehead atoms. The van der Waals surface area contributed by atoms with Crippen LogP contribution in [0.2, 0.25) is 0 Å². The van der Waals surface area contributed by atoms with E-state index in [2.05, 4.69) is 15.9 Å². The van der Waals surface area contributed by atoms with Crippen molar-refractivity contribution in [1.82, 2.24) is 0 Å². The standard InChI is InChI=1S/C22H18BrNO3/c1-27-17-12-10-15(11-13-17)14-24-19-9-5-8-18(23)20(19)22(26,21(24)25)16-6-3-2-4-7-16/h2-13,26H,14H2,1H3/t22-/m1/s1. The summed E-state index contributed by atoms with van der Waals surface area (Å²) >= 11 is 3.52. The zero-order valence-corrected chi connectivity index (χ0v) is 16.3. The monoisotopic (exact) mass is 423 g/mol. The Morgan fingerprint density at radius 1 is 1.00 bits per heavy atom. The number of nitrogens with zero attached hydrogens (tertiary/aromatic N) is 1. The zero-order valence-electron chi connectivity index (χ0n) is 14.7. The van der Waals surface area contributed by atoms with Crippen molar-refractivity contribution in [3.63, 3.8) is 0 Å². The summed E-state index contributed by atoms with van der Waals surface area (Å²) in [7, 11) is 1.62. The van der Waals surface area contributed by atoms with Gasteiger partial charge in [-0.2, -0.15) is 0 Å². The molecule has 0 unspecified atom stereocenters. The molecule has 0 radical (unpaired) electrons. The molecule has 1 aliphatic rings. The summed E-state index contributed by atoms with van der Waals surface area (Å²) in [6, 6.07) is 22.2. The SMILES string of the molecule is COc1ccc(CN2C(=O)[C@@](O)(c3ccccc3)c3c(Br)cccc32)cc1. The lowest BCUT2D eigenvalue weighted by Crippen LogP contribution is -2.41. The van der Waals surface area contributed by atoms with Crippen molar-refractivity contribution in [2.75, 3.05) is 12.0 Å². The minimum atomic E-state index is -1.72. The molecule has 4 rings (SSSR count). The Labute approximate surface area is 166 Å². The lowest BCUT2D eigenvalue weighted by atomic mass is 9.87. The number of rotatable bonds is 4. The minimum Gasteiger partial charge on any atom is -0.497 e. The van der Waals surface area contributed by atoms with Gasteiger partial charge in [-0.1, -0.05) is 64.5 Å². The van der Waals surface area contributed by atoms with Gasteiger partial charge >= 0.3 is 0 Å². The molecule has 3 aromatic rings. The number of amides is 1. The molecule has 5 heteroatoms. The van der Waals surface area contributed by atoms with Crippen molar-refractivity contribution < 1.29 is 14.6 Å². The average Bonchev–Trinajstić information content (AvgIpc) is 2.93. The molecular formula is C22H18BrNO3. The molecule has 4 nitrogen and oxygen atoms in total. The highest BCUT2D eigenvalue weighted by molar-refractivity contribution is 9.10. The van der Waals surface area contributed by atoms with Crippen LogP contribution in [0.3, 0.4) is 0 Å². The van der Waals surface area contributed by atoms with Crippen molar-refractivity contribution in [3.05, 3.63) is 94.0 Å². The minimum absolute atomic E-state index is 0.355. The number of fused-ring (bicyclic) bond motifs is 1. The van der Waals surface area contributed by atoms with Crippen molar-refractivity contribution in [1.29, 1.82) is 0 Å². The Morgan fingerprint density at radius 2 is 1.70 bits per heavy atom. The molecule has 136 valence electrons. The predicted octanol–water partition coefficient (Wildman–Crippen LogP) is 4.24. The molecule has 1 atom stereocenters. The highest BCUT2D eigenvalue weighted by Gasteiger charge is 2.52. The Balaban J connectivity index is 1.81. The van der Waals surface area contributed by atoms with Crippen LogP contribution in [0.1, 0.15) is 16.7 Å². The van der Waals surface area contributed by atoms with Crippen LogP contribution in [-0.2, 0) is 16.9 Å². The molecule has 0 saturated carbocycles. The summed E-state index contributed by atoms with van der Waals surface area (Å²) in [5.41, 5.74) is 1.07. The second kappa shape index (κ2) is 6.83. The molecule has 0 aromatic heterocycles. The molecule has 0 fully saturated rings. The van der Waals surface area contributed by atoms with Crippen LogP contribution >= 0.6 is 15.9 Å². The first kappa shape index (κ1) is 17.8. The average molecular weight is 424 g/mol. The van der Waals surface area contributed by atoms with E-state index in [1.54, 1.807) is 24.1 Å². The molecule has 0 saturated heterocycles. The normalized spacial score (nSPS) is 18.5. The van der Waals surface area contributed by atoms with E-state index in [-0.39, 0.29) is 5.91 Å². The Bertz CT molecular complexity index is 988. The quantitative estimate of drug-likeness (QED) is 0.682. The smallest absolute Gasteiger partial charge is 0.268 e. The third-order valence-corrected chi connectivity index (χ3v) is 5.55. The van der Waals surface area contributed by atoms with Gasteiger partial charge in [0, 0.05) is 10.0 Å². The molecule has 0 spiro atoms. The number of carbonyl (C=O) groups excluding carboxylic acids is 1. The van der Waals surface area contributed by atoms with Crippen molar-refractivity contribution >= 4 is 27.5 Å². The number of aliphatic hydroxyl groups is 1. The van der Waals surface area contributed by atoms with Gasteiger partial charge in [-0.15, -0.1) is 0 Å². The summed E-state index contributed by atoms with van der Waals surface area (Å²) in [5, 5.41) is 11.6. The Morgan fingerprint density at radius 3 is 2.37 bits per heavy atom. The number of benzene rings is 3. The number of hydrogen-bond acceptors (Lipinski definition) is 3. The highest BCUT2D eigenvalue weighted by Crippen LogP contribution is 2.48. The topological polar surface area (TPSA) is 49.8 Å². The summed E-state index contributed by atoms with van der Waals surface area (Å²) in [6.07, 6.45) is 0. The fourth-order valence-electron chi connectivity index (χ4n) is 3.53. The van der Waals surface area contributed by atoms with Gasteiger partial charge in [-0.3, -0.25) is 4.79 Å². The van der Waals surface area contributed by atoms with Gasteiger partial charge in [-0.05, 0) is 35.4 Å². The van der Waals surface area contributed by atoms with Gasteiger partial charge in [0.15, 0.2) is 5.60 Å². The van der Waals surface area contributed by atoms with E-state index in [0.29, 0.717) is 27.8 Å². The van der Waals surface area contributed by atoms with Crippen LogP contribution in [0, 0.1) is 0 Å². The van der Waals surface area contributed by atoms with E-state index >= 15 is 0 Å². The van der Waals surface area contributed by atoms with Gasteiger partial charge in [-0.25, -0.2) is 0 Å². The van der Waals surface area contributed by atoms with E-state index in [0.717, 1.165) is 11.3 Å². The second-order valence-electron chi connectivity index (χ2n) is 6.45. The fraction of sp³-hybridized carbons (Fsp3) is 0.136. The van der Waals surface area contributed by atoms with Crippen LogP contribution in [0.5, 0.6) is 5.75 Å². The third-order valence-electron chi connectivity index (χ3n) is 4.89. The van der Waals surface area contributed by atoms with E-state index in [1.807, 2.05) is 60.7 Å². The van der Waals surface area contributed by atoms with Gasteiger partial charge in [0.2, 0.25) is 0 Å². The fourth-order valence-corrected chi connectivity index (χ4v) is 4.17. The van der Waals surface area contributed by atoms with Crippen molar-refractivity contribution in [3.8, 4) is 5.75 Å². The maximum Gasteiger partial charge on any atom is 0.268 e. The van der Waals surface area contributed by atoms with Crippen LogP contribution in [0.15, 0.2) is 77.3 Å². The maximum atomic E-state index is 13.4. The summed E-state index contributed by atoms with van der Waals surface area (Å²) in [4.78, 5) is 15.0. The number of methoxy groups -OCH3 is 1. The molecule has 0 aliphatic carbocycles. The number of ether oxygens (including phenoxy) is 1. The number of anilines is 1. The molecular weight excluding hydrogens is 406 g/mol. The van der Waals surface area contributed by atoms with Gasteiger partial charge in [0.1, 0.15) is 5.75 Å². The summed E-state index contributed by atoms with van der Waals surface area (Å²) < 4.78 is 5.90. The molecule has 1 N–H and O–H groups in total. The molecule has 1 amide bonds. The third kappa shape index (κ3) is 2.83. The van der Waals surface area contributed by atoms with Crippen LogP contribution in [-0.4, -0.2) is 18.1 Å². The van der Waals surface area contributed by atoms with Crippen LogP contribution in [0.25, 0.3) is 0 Å². The molecule has 3 aromatic carbocycles. The van der Waals surface area contributed by atoms with Crippen LogP contribution < -0.4 is 9.64 Å². The first-order chi connectivity index (χ1) is 13.1. The Kier molecular flexibility index (Phi) is 4.50.